The average Bonchev–Trinajstić information content (AvgIpc) is 2.81. The number of thiazole rings is 1. The van der Waals surface area contributed by atoms with Crippen molar-refractivity contribution in [3.05, 3.63) is 40.9 Å². The lowest BCUT2D eigenvalue weighted by atomic mass is 10.2. The van der Waals surface area contributed by atoms with Gasteiger partial charge >= 0.3 is 0 Å². The molecule has 0 unspecified atom stereocenters. The fourth-order valence-corrected chi connectivity index (χ4v) is 2.89. The molecule has 0 saturated heterocycles. The Morgan fingerprint density at radius 1 is 1.35 bits per heavy atom. The smallest absolute Gasteiger partial charge is 0.190 e. The Hall–Kier alpha value is -1.06. The Balaban J connectivity index is 2.36. The minimum absolute atomic E-state index is 0.474. The van der Waals surface area contributed by atoms with Crippen LogP contribution in [0.15, 0.2) is 29.6 Å². The summed E-state index contributed by atoms with van der Waals surface area (Å²) in [6, 6.07) is 8.36. The lowest BCUT2D eigenvalue weighted by molar-refractivity contribution is 0.995. The van der Waals surface area contributed by atoms with Crippen LogP contribution in [0.3, 0.4) is 0 Å². The van der Waals surface area contributed by atoms with E-state index in [9.17, 15) is 0 Å². The number of halogens is 1. The van der Waals surface area contributed by atoms with Crippen molar-refractivity contribution in [2.75, 3.05) is 11.4 Å². The van der Waals surface area contributed by atoms with E-state index >= 15 is 0 Å². The summed E-state index contributed by atoms with van der Waals surface area (Å²) in [6.45, 7) is 5.16. The number of anilines is 2. The molecule has 90 valence electrons. The fraction of sp³-hybridized carbons (Fsp3) is 0.308. The van der Waals surface area contributed by atoms with E-state index in [0.29, 0.717) is 5.88 Å². The summed E-state index contributed by atoms with van der Waals surface area (Å²) in [5.74, 6) is 0.474. The van der Waals surface area contributed by atoms with Crippen LogP contribution in [0.25, 0.3) is 0 Å². The molecule has 0 bridgehead atoms. The molecule has 1 heterocycles. The quantitative estimate of drug-likeness (QED) is 0.765. The molecule has 2 aromatic rings. The van der Waals surface area contributed by atoms with Gasteiger partial charge in [0.05, 0.1) is 11.6 Å². The number of aromatic nitrogens is 1. The topological polar surface area (TPSA) is 16.1 Å². The Kier molecular flexibility index (Phi) is 4.02. The zero-order chi connectivity index (χ0) is 12.3. The van der Waals surface area contributed by atoms with E-state index in [0.717, 1.165) is 17.4 Å². The van der Waals surface area contributed by atoms with Crippen LogP contribution in [0, 0.1) is 6.92 Å². The number of hydrogen-bond acceptors (Lipinski definition) is 3. The normalized spacial score (nSPS) is 10.5. The van der Waals surface area contributed by atoms with Gasteiger partial charge in [-0.15, -0.1) is 22.9 Å². The predicted molar refractivity (Wildman–Crippen MR) is 75.5 cm³/mol. The molecule has 0 atom stereocenters. The first-order valence-electron chi connectivity index (χ1n) is 5.59. The molecule has 0 amide bonds. The number of aryl methyl sites for hydroxylation is 1. The monoisotopic (exact) mass is 266 g/mol. The average molecular weight is 267 g/mol. The standard InChI is InChI=1S/C13H15ClN2S/c1-3-16(12-7-5-4-6-10(12)2)13-15-11(8-14)9-17-13/h4-7,9H,3,8H2,1-2H3. The minimum Gasteiger partial charge on any atom is -0.318 e. The van der Waals surface area contributed by atoms with E-state index in [4.69, 9.17) is 11.6 Å². The summed E-state index contributed by atoms with van der Waals surface area (Å²) >= 11 is 7.43. The molecule has 0 aliphatic carbocycles. The van der Waals surface area contributed by atoms with Crippen molar-refractivity contribution >= 4 is 33.8 Å². The molecule has 1 aromatic heterocycles. The highest BCUT2D eigenvalue weighted by molar-refractivity contribution is 7.13. The molecular formula is C13H15ClN2S. The molecule has 1 aromatic carbocycles. The molecular weight excluding hydrogens is 252 g/mol. The Bertz CT molecular complexity index is 496. The van der Waals surface area contributed by atoms with Crippen LogP contribution in [0.1, 0.15) is 18.2 Å². The van der Waals surface area contributed by atoms with Crippen molar-refractivity contribution in [2.45, 2.75) is 19.7 Å². The van der Waals surface area contributed by atoms with Crippen LogP contribution >= 0.6 is 22.9 Å². The summed E-state index contributed by atoms with van der Waals surface area (Å²) in [5.41, 5.74) is 3.42. The van der Waals surface area contributed by atoms with Crippen molar-refractivity contribution in [3.8, 4) is 0 Å². The van der Waals surface area contributed by atoms with Crippen molar-refractivity contribution < 1.29 is 0 Å². The molecule has 4 heteroatoms. The summed E-state index contributed by atoms with van der Waals surface area (Å²) in [4.78, 5) is 6.75. The second-order valence-corrected chi connectivity index (χ2v) is 4.89. The van der Waals surface area contributed by atoms with E-state index in [1.807, 2.05) is 5.38 Å². The predicted octanol–water partition coefficient (Wildman–Crippen LogP) is 4.35. The summed E-state index contributed by atoms with van der Waals surface area (Å²) in [6.07, 6.45) is 0. The van der Waals surface area contributed by atoms with Gasteiger partial charge in [-0.05, 0) is 25.5 Å². The first kappa shape index (κ1) is 12.4. The van der Waals surface area contributed by atoms with Crippen LogP contribution in [0.4, 0.5) is 10.8 Å². The molecule has 17 heavy (non-hydrogen) atoms. The molecule has 2 rings (SSSR count). The summed E-state index contributed by atoms with van der Waals surface area (Å²) < 4.78 is 0. The van der Waals surface area contributed by atoms with E-state index < -0.39 is 0 Å². The van der Waals surface area contributed by atoms with Gasteiger partial charge in [0.25, 0.3) is 0 Å². The molecule has 0 N–H and O–H groups in total. The van der Waals surface area contributed by atoms with Gasteiger partial charge in [-0.3, -0.25) is 0 Å². The summed E-state index contributed by atoms with van der Waals surface area (Å²) in [7, 11) is 0. The lowest BCUT2D eigenvalue weighted by Crippen LogP contribution is -2.16. The highest BCUT2D eigenvalue weighted by Gasteiger charge is 2.12. The first-order valence-corrected chi connectivity index (χ1v) is 7.01. The molecule has 0 spiro atoms. The van der Waals surface area contributed by atoms with Gasteiger partial charge in [0.2, 0.25) is 0 Å². The van der Waals surface area contributed by atoms with Crippen molar-refractivity contribution in [2.24, 2.45) is 0 Å². The van der Waals surface area contributed by atoms with E-state index in [1.165, 1.54) is 11.3 Å². The first-order chi connectivity index (χ1) is 8.26. The zero-order valence-corrected chi connectivity index (χ0v) is 11.6. The van der Waals surface area contributed by atoms with E-state index in [1.54, 1.807) is 11.3 Å². The van der Waals surface area contributed by atoms with Gasteiger partial charge < -0.3 is 4.90 Å². The van der Waals surface area contributed by atoms with Gasteiger partial charge in [0.15, 0.2) is 5.13 Å². The number of rotatable bonds is 4. The van der Waals surface area contributed by atoms with Crippen molar-refractivity contribution in [3.63, 3.8) is 0 Å². The van der Waals surface area contributed by atoms with E-state index in [2.05, 4.69) is 48.0 Å². The lowest BCUT2D eigenvalue weighted by Gasteiger charge is -2.21. The van der Waals surface area contributed by atoms with Gasteiger partial charge in [0.1, 0.15) is 0 Å². The third kappa shape index (κ3) is 2.61. The van der Waals surface area contributed by atoms with Crippen molar-refractivity contribution in [1.82, 2.24) is 4.98 Å². The minimum atomic E-state index is 0.474. The largest absolute Gasteiger partial charge is 0.318 e. The van der Waals surface area contributed by atoms with Gasteiger partial charge in [-0.2, -0.15) is 0 Å². The maximum Gasteiger partial charge on any atom is 0.190 e. The molecule has 0 aliphatic heterocycles. The highest BCUT2D eigenvalue weighted by atomic mass is 35.5. The van der Waals surface area contributed by atoms with Crippen LogP contribution in [-0.4, -0.2) is 11.5 Å². The number of benzene rings is 1. The highest BCUT2D eigenvalue weighted by Crippen LogP contribution is 2.30. The second kappa shape index (κ2) is 5.52. The second-order valence-electron chi connectivity index (χ2n) is 3.79. The van der Waals surface area contributed by atoms with E-state index in [-0.39, 0.29) is 0 Å². The third-order valence-electron chi connectivity index (χ3n) is 2.63. The van der Waals surface area contributed by atoms with Gasteiger partial charge in [0, 0.05) is 17.6 Å². The molecule has 0 aliphatic rings. The van der Waals surface area contributed by atoms with Gasteiger partial charge in [-0.1, -0.05) is 18.2 Å². The maximum atomic E-state index is 5.79. The fourth-order valence-electron chi connectivity index (χ4n) is 1.76. The number of alkyl halides is 1. The van der Waals surface area contributed by atoms with Crippen LogP contribution in [0.2, 0.25) is 0 Å². The Labute approximate surface area is 111 Å². The Morgan fingerprint density at radius 2 is 2.12 bits per heavy atom. The van der Waals surface area contributed by atoms with Crippen LogP contribution in [-0.2, 0) is 5.88 Å². The Morgan fingerprint density at radius 3 is 2.71 bits per heavy atom. The SMILES string of the molecule is CCN(c1nc(CCl)cs1)c1ccccc1C. The maximum absolute atomic E-state index is 5.79. The molecule has 0 radical (unpaired) electrons. The molecule has 0 fully saturated rings. The van der Waals surface area contributed by atoms with Crippen molar-refractivity contribution in [1.29, 1.82) is 0 Å². The number of hydrogen-bond donors (Lipinski definition) is 0. The number of nitrogens with zero attached hydrogens (tertiary/aromatic N) is 2. The summed E-state index contributed by atoms with van der Waals surface area (Å²) in [5, 5.41) is 3.03. The van der Waals surface area contributed by atoms with Gasteiger partial charge in [-0.25, -0.2) is 4.98 Å². The number of para-hydroxylation sites is 1. The van der Waals surface area contributed by atoms with Crippen LogP contribution in [0.5, 0.6) is 0 Å². The molecule has 2 nitrogen and oxygen atoms in total. The molecule has 0 saturated carbocycles. The van der Waals surface area contributed by atoms with Crippen LogP contribution < -0.4 is 4.90 Å². The zero-order valence-electron chi connectivity index (χ0n) is 9.98. The third-order valence-corrected chi connectivity index (χ3v) is 3.82.